The van der Waals surface area contributed by atoms with Gasteiger partial charge in [-0.1, -0.05) is 36.8 Å². The van der Waals surface area contributed by atoms with Crippen LogP contribution in [-0.2, 0) is 0 Å². The maximum absolute atomic E-state index is 6.16. The Morgan fingerprint density at radius 3 is 2.80 bits per heavy atom. The summed E-state index contributed by atoms with van der Waals surface area (Å²) in [5, 5.41) is 4.04. The normalized spacial score (nSPS) is 17.1. The van der Waals surface area contributed by atoms with Crippen LogP contribution in [0.1, 0.15) is 25.3 Å². The number of nitrogens with zero attached hydrogens (tertiary/aromatic N) is 1. The van der Waals surface area contributed by atoms with Crippen LogP contribution in [0.2, 0.25) is 5.02 Å². The standard InChI is InChI=1S/C15H22ClN3S/c1-11(10-19-7-2-3-8-19)9-18-13-6-4-5-12(16)14(13)15(17)20/h4-6,11,18H,2-3,7-10H2,1H3,(H2,17,20). The molecule has 20 heavy (non-hydrogen) atoms. The van der Waals surface area contributed by atoms with Gasteiger partial charge in [0.1, 0.15) is 4.99 Å². The van der Waals surface area contributed by atoms with Crippen molar-refractivity contribution >= 4 is 34.5 Å². The molecule has 1 aliphatic rings. The number of thiocarbonyl (C=S) groups is 1. The fraction of sp³-hybridized carbons (Fsp3) is 0.533. The molecular weight excluding hydrogens is 290 g/mol. The third-order valence-corrected chi connectivity index (χ3v) is 4.19. The van der Waals surface area contributed by atoms with Crippen LogP contribution in [0.15, 0.2) is 18.2 Å². The molecule has 0 saturated carbocycles. The van der Waals surface area contributed by atoms with E-state index in [0.29, 0.717) is 15.9 Å². The van der Waals surface area contributed by atoms with Gasteiger partial charge >= 0.3 is 0 Å². The van der Waals surface area contributed by atoms with Crippen LogP contribution in [0, 0.1) is 5.92 Å². The van der Waals surface area contributed by atoms with Crippen molar-refractivity contribution < 1.29 is 0 Å². The maximum atomic E-state index is 6.16. The van der Waals surface area contributed by atoms with Gasteiger partial charge in [0.2, 0.25) is 0 Å². The average Bonchev–Trinajstić information content (AvgIpc) is 2.88. The van der Waals surface area contributed by atoms with Gasteiger partial charge in [-0.05, 0) is 44.0 Å². The summed E-state index contributed by atoms with van der Waals surface area (Å²) >= 11 is 11.2. The number of hydrogen-bond donors (Lipinski definition) is 2. The molecule has 0 spiro atoms. The minimum atomic E-state index is 0.338. The van der Waals surface area contributed by atoms with E-state index in [1.807, 2.05) is 18.2 Å². The van der Waals surface area contributed by atoms with Crippen LogP contribution >= 0.6 is 23.8 Å². The van der Waals surface area contributed by atoms with Crippen molar-refractivity contribution in [2.45, 2.75) is 19.8 Å². The molecule has 5 heteroatoms. The van der Waals surface area contributed by atoms with E-state index in [1.165, 1.54) is 25.9 Å². The summed E-state index contributed by atoms with van der Waals surface area (Å²) in [6.45, 7) is 6.76. The summed E-state index contributed by atoms with van der Waals surface area (Å²) in [5.74, 6) is 0.575. The molecule has 1 heterocycles. The molecule has 110 valence electrons. The molecule has 1 fully saturated rings. The van der Waals surface area contributed by atoms with Crippen molar-refractivity contribution in [1.82, 2.24) is 4.90 Å². The molecule has 0 radical (unpaired) electrons. The highest BCUT2D eigenvalue weighted by atomic mass is 35.5. The van der Waals surface area contributed by atoms with E-state index in [0.717, 1.165) is 24.3 Å². The van der Waals surface area contributed by atoms with E-state index in [4.69, 9.17) is 29.6 Å². The number of nitrogens with two attached hydrogens (primary N) is 1. The molecule has 0 aliphatic carbocycles. The van der Waals surface area contributed by atoms with E-state index in [9.17, 15) is 0 Å². The van der Waals surface area contributed by atoms with E-state index in [2.05, 4.69) is 17.1 Å². The van der Waals surface area contributed by atoms with Crippen LogP contribution < -0.4 is 11.1 Å². The molecule has 0 bridgehead atoms. The van der Waals surface area contributed by atoms with Gasteiger partial charge in [-0.3, -0.25) is 0 Å². The van der Waals surface area contributed by atoms with Crippen molar-refractivity contribution in [3.8, 4) is 0 Å². The second-order valence-corrected chi connectivity index (χ2v) is 6.37. The Bertz CT molecular complexity index is 472. The van der Waals surface area contributed by atoms with E-state index < -0.39 is 0 Å². The van der Waals surface area contributed by atoms with Gasteiger partial charge in [-0.25, -0.2) is 0 Å². The van der Waals surface area contributed by atoms with E-state index in [1.54, 1.807) is 0 Å². The largest absolute Gasteiger partial charge is 0.389 e. The van der Waals surface area contributed by atoms with Crippen molar-refractivity contribution in [3.63, 3.8) is 0 Å². The van der Waals surface area contributed by atoms with Crippen molar-refractivity contribution in [2.24, 2.45) is 11.7 Å². The van der Waals surface area contributed by atoms with E-state index in [-0.39, 0.29) is 0 Å². The first-order valence-electron chi connectivity index (χ1n) is 7.12. The molecule has 0 aromatic heterocycles. The van der Waals surface area contributed by atoms with Gasteiger partial charge in [0, 0.05) is 18.8 Å². The zero-order valence-electron chi connectivity index (χ0n) is 11.9. The first-order chi connectivity index (χ1) is 9.58. The Morgan fingerprint density at radius 1 is 1.45 bits per heavy atom. The first-order valence-corrected chi connectivity index (χ1v) is 7.91. The molecular formula is C15H22ClN3S. The number of benzene rings is 1. The molecule has 1 aromatic rings. The topological polar surface area (TPSA) is 41.3 Å². The number of likely N-dealkylation sites (tertiary alicyclic amines) is 1. The Kier molecular flexibility index (Phi) is 5.64. The highest BCUT2D eigenvalue weighted by molar-refractivity contribution is 7.80. The second-order valence-electron chi connectivity index (χ2n) is 5.52. The van der Waals surface area contributed by atoms with Crippen molar-refractivity contribution in [1.29, 1.82) is 0 Å². The summed E-state index contributed by atoms with van der Waals surface area (Å²) in [4.78, 5) is 2.86. The predicted octanol–water partition coefficient (Wildman–Crippen LogP) is 3.12. The highest BCUT2D eigenvalue weighted by Gasteiger charge is 2.15. The average molecular weight is 312 g/mol. The van der Waals surface area contributed by atoms with Crippen LogP contribution in [0.4, 0.5) is 5.69 Å². The lowest BCUT2D eigenvalue weighted by Gasteiger charge is -2.21. The molecule has 2 rings (SSSR count). The fourth-order valence-corrected chi connectivity index (χ4v) is 3.23. The van der Waals surface area contributed by atoms with Crippen LogP contribution in [-0.4, -0.2) is 36.1 Å². The summed E-state index contributed by atoms with van der Waals surface area (Å²) in [7, 11) is 0. The Balaban J connectivity index is 1.93. The van der Waals surface area contributed by atoms with Crippen molar-refractivity contribution in [2.75, 3.05) is 31.5 Å². The Hall–Kier alpha value is -0.840. The lowest BCUT2D eigenvalue weighted by atomic mass is 10.1. The SMILES string of the molecule is CC(CNc1cccc(Cl)c1C(N)=S)CN1CCCC1. The van der Waals surface area contributed by atoms with Crippen LogP contribution in [0.25, 0.3) is 0 Å². The number of halogens is 1. The molecule has 1 aliphatic heterocycles. The molecule has 1 unspecified atom stereocenters. The molecule has 1 atom stereocenters. The molecule has 1 saturated heterocycles. The van der Waals surface area contributed by atoms with Crippen molar-refractivity contribution in [3.05, 3.63) is 28.8 Å². The summed E-state index contributed by atoms with van der Waals surface area (Å²) in [6.07, 6.45) is 2.67. The van der Waals surface area contributed by atoms with Gasteiger partial charge in [-0.15, -0.1) is 0 Å². The third-order valence-electron chi connectivity index (χ3n) is 3.67. The quantitative estimate of drug-likeness (QED) is 0.792. The molecule has 3 N–H and O–H groups in total. The van der Waals surface area contributed by atoms with E-state index >= 15 is 0 Å². The summed E-state index contributed by atoms with van der Waals surface area (Å²) < 4.78 is 0. The Labute approximate surface area is 131 Å². The lowest BCUT2D eigenvalue weighted by Crippen LogP contribution is -2.29. The van der Waals surface area contributed by atoms with Gasteiger partial charge < -0.3 is 16.0 Å². The number of hydrogen-bond acceptors (Lipinski definition) is 3. The number of rotatable bonds is 6. The zero-order valence-corrected chi connectivity index (χ0v) is 13.4. The lowest BCUT2D eigenvalue weighted by molar-refractivity contribution is 0.294. The van der Waals surface area contributed by atoms with Gasteiger partial charge in [0.25, 0.3) is 0 Å². The second kappa shape index (κ2) is 7.25. The monoisotopic (exact) mass is 311 g/mol. The maximum Gasteiger partial charge on any atom is 0.107 e. The minimum Gasteiger partial charge on any atom is -0.389 e. The summed E-state index contributed by atoms with van der Waals surface area (Å²) in [5.41, 5.74) is 7.43. The highest BCUT2D eigenvalue weighted by Crippen LogP contribution is 2.24. The van der Waals surface area contributed by atoms with Crippen LogP contribution in [0.5, 0.6) is 0 Å². The van der Waals surface area contributed by atoms with Gasteiger partial charge in [0.05, 0.1) is 10.6 Å². The number of anilines is 1. The Morgan fingerprint density at radius 2 is 2.15 bits per heavy atom. The number of nitrogens with one attached hydrogen (secondary N) is 1. The smallest absolute Gasteiger partial charge is 0.107 e. The summed E-state index contributed by atoms with van der Waals surface area (Å²) in [6, 6.07) is 5.70. The fourth-order valence-electron chi connectivity index (χ4n) is 2.68. The third kappa shape index (κ3) is 4.08. The predicted molar refractivity (Wildman–Crippen MR) is 90.7 cm³/mol. The molecule has 0 amide bonds. The minimum absolute atomic E-state index is 0.338. The van der Waals surface area contributed by atoms with Gasteiger partial charge in [-0.2, -0.15) is 0 Å². The first kappa shape index (κ1) is 15.5. The molecule has 1 aromatic carbocycles. The molecule has 3 nitrogen and oxygen atoms in total. The van der Waals surface area contributed by atoms with Crippen LogP contribution in [0.3, 0.4) is 0 Å². The zero-order chi connectivity index (χ0) is 14.5. The van der Waals surface area contributed by atoms with Gasteiger partial charge in [0.15, 0.2) is 0 Å².